The number of nitrogens with zero attached hydrogens (tertiary/aromatic N) is 2. The molecule has 0 spiro atoms. The van der Waals surface area contributed by atoms with Crippen molar-refractivity contribution in [3.63, 3.8) is 0 Å². The Morgan fingerprint density at radius 2 is 2.32 bits per heavy atom. The summed E-state index contributed by atoms with van der Waals surface area (Å²) in [5.41, 5.74) is 8.96. The van der Waals surface area contributed by atoms with E-state index in [0.717, 1.165) is 10.8 Å². The smallest absolute Gasteiger partial charge is 0.264 e. The normalized spacial score (nSPS) is 30.2. The van der Waals surface area contributed by atoms with Gasteiger partial charge in [0.25, 0.3) is 5.56 Å². The van der Waals surface area contributed by atoms with Gasteiger partial charge >= 0.3 is 0 Å². The number of anilines is 1. The third kappa shape index (κ3) is 2.57. The van der Waals surface area contributed by atoms with E-state index in [0.29, 0.717) is 0 Å². The first-order valence-electron chi connectivity index (χ1n) is 7.19. The minimum Gasteiger partial charge on any atom is -0.391 e. The first-order valence-corrected chi connectivity index (χ1v) is 7.57. The molecular formula is C14H15ClFN5O4. The summed E-state index contributed by atoms with van der Waals surface area (Å²) in [7, 11) is 0. The summed E-state index contributed by atoms with van der Waals surface area (Å²) in [4.78, 5) is 18.0. The molecule has 5 atom stereocenters. The van der Waals surface area contributed by atoms with E-state index < -0.39 is 41.5 Å². The highest BCUT2D eigenvalue weighted by Crippen LogP contribution is 2.39. The molecule has 0 radical (unpaired) electrons. The van der Waals surface area contributed by atoms with Crippen molar-refractivity contribution in [1.29, 1.82) is 0 Å². The number of nitrogens with one attached hydrogen (secondary N) is 1. The largest absolute Gasteiger partial charge is 0.391 e. The van der Waals surface area contributed by atoms with E-state index in [-0.39, 0.29) is 17.0 Å². The zero-order chi connectivity index (χ0) is 18.5. The number of nitrogen functional groups attached to an aromatic ring is 1. The number of aliphatic hydroxyl groups excluding tert-OH is 2. The van der Waals surface area contributed by atoms with Gasteiger partial charge in [0.15, 0.2) is 23.2 Å². The fourth-order valence-corrected chi connectivity index (χ4v) is 3.12. The van der Waals surface area contributed by atoms with Crippen molar-refractivity contribution in [1.82, 2.24) is 14.5 Å². The number of aromatic nitrogens is 3. The highest BCUT2D eigenvalue weighted by Gasteiger charge is 2.56. The Kier molecular flexibility index (Phi) is 4.22. The van der Waals surface area contributed by atoms with Crippen LogP contribution in [0.15, 0.2) is 11.0 Å². The Labute approximate surface area is 145 Å². The lowest BCUT2D eigenvalue weighted by atomic mass is 9.90. The SMILES string of the molecule is C[C@@H](O)[C@H]1O[C@@H](n2cc(F)c3c(=O)[nH]c(N)nc32)C(N)(C#CCl)C1O. The average Bonchev–Trinajstić information content (AvgIpc) is 2.96. The molecule has 0 aromatic carbocycles. The lowest BCUT2D eigenvalue weighted by Crippen LogP contribution is -2.54. The highest BCUT2D eigenvalue weighted by atomic mass is 35.5. The molecule has 11 heteroatoms. The molecule has 1 saturated heterocycles. The van der Waals surface area contributed by atoms with E-state index in [1.807, 2.05) is 0 Å². The second-order valence-electron chi connectivity index (χ2n) is 5.83. The number of hydrogen-bond acceptors (Lipinski definition) is 7. The summed E-state index contributed by atoms with van der Waals surface area (Å²) in [5, 5.41) is 22.0. The van der Waals surface area contributed by atoms with Gasteiger partial charge in [-0.3, -0.25) is 14.3 Å². The molecule has 2 aromatic heterocycles. The van der Waals surface area contributed by atoms with Crippen molar-refractivity contribution in [3.05, 3.63) is 22.4 Å². The molecule has 9 nitrogen and oxygen atoms in total. The Morgan fingerprint density at radius 1 is 1.64 bits per heavy atom. The molecule has 1 aliphatic rings. The monoisotopic (exact) mass is 371 g/mol. The van der Waals surface area contributed by atoms with Gasteiger partial charge in [0, 0.05) is 11.6 Å². The number of aromatic amines is 1. The van der Waals surface area contributed by atoms with Crippen LogP contribution in [0.5, 0.6) is 0 Å². The van der Waals surface area contributed by atoms with Crippen LogP contribution < -0.4 is 17.0 Å². The van der Waals surface area contributed by atoms with Crippen LogP contribution in [-0.2, 0) is 4.74 Å². The molecule has 25 heavy (non-hydrogen) atoms. The van der Waals surface area contributed by atoms with Crippen LogP contribution in [0.2, 0.25) is 0 Å². The molecule has 2 unspecified atom stereocenters. The fraction of sp³-hybridized carbons (Fsp3) is 0.429. The molecule has 7 N–H and O–H groups in total. The Hall–Kier alpha value is -2.16. The maximum atomic E-state index is 14.3. The minimum absolute atomic E-state index is 0.145. The second-order valence-corrected chi connectivity index (χ2v) is 6.01. The Bertz CT molecular complexity index is 948. The van der Waals surface area contributed by atoms with Crippen LogP contribution in [0, 0.1) is 17.1 Å². The number of rotatable bonds is 2. The summed E-state index contributed by atoms with van der Waals surface area (Å²) in [5.74, 6) is 1.30. The molecule has 3 rings (SSSR count). The number of H-pyrrole nitrogens is 1. The van der Waals surface area contributed by atoms with Gasteiger partial charge < -0.3 is 26.4 Å². The van der Waals surface area contributed by atoms with Crippen LogP contribution in [0.25, 0.3) is 11.0 Å². The van der Waals surface area contributed by atoms with Crippen LogP contribution >= 0.6 is 11.6 Å². The standard InChI is InChI=1S/C14H15ClFN5O4/c1-5(22)8-9(23)14(18,2-3-15)12(25-8)21-4-6(16)7-10(21)19-13(17)20-11(7)24/h4-5,8-9,12,22-23H,18H2,1H3,(H3,17,19,20,24)/t5-,8-,9?,12-,14?/m1/s1. The van der Waals surface area contributed by atoms with E-state index in [4.69, 9.17) is 27.8 Å². The van der Waals surface area contributed by atoms with Crippen molar-refractivity contribution in [2.45, 2.75) is 37.0 Å². The summed E-state index contributed by atoms with van der Waals surface area (Å²) >= 11 is 5.45. The van der Waals surface area contributed by atoms with Gasteiger partial charge in [-0.1, -0.05) is 5.92 Å². The van der Waals surface area contributed by atoms with Crippen molar-refractivity contribution in [2.75, 3.05) is 5.73 Å². The quantitative estimate of drug-likeness (QED) is 0.424. The molecule has 134 valence electrons. The number of fused-ring (bicyclic) bond motifs is 1. The van der Waals surface area contributed by atoms with Crippen LogP contribution in [0.1, 0.15) is 13.2 Å². The molecular weight excluding hydrogens is 357 g/mol. The molecule has 2 aromatic rings. The zero-order valence-corrected chi connectivity index (χ0v) is 13.7. The van der Waals surface area contributed by atoms with Crippen molar-refractivity contribution in [2.24, 2.45) is 5.73 Å². The van der Waals surface area contributed by atoms with E-state index in [2.05, 4.69) is 21.3 Å². The average molecular weight is 372 g/mol. The predicted molar refractivity (Wildman–Crippen MR) is 86.9 cm³/mol. The van der Waals surface area contributed by atoms with Crippen molar-refractivity contribution < 1.29 is 19.3 Å². The van der Waals surface area contributed by atoms with Gasteiger partial charge in [0.2, 0.25) is 5.95 Å². The third-order valence-electron chi connectivity index (χ3n) is 4.14. The van der Waals surface area contributed by atoms with Gasteiger partial charge in [0.1, 0.15) is 17.6 Å². The minimum atomic E-state index is -1.79. The number of aliphatic hydroxyl groups is 2. The Morgan fingerprint density at radius 3 is 2.92 bits per heavy atom. The molecule has 3 heterocycles. The van der Waals surface area contributed by atoms with Crippen LogP contribution in [0.4, 0.5) is 10.3 Å². The summed E-state index contributed by atoms with van der Waals surface area (Å²) in [6, 6.07) is 0. The molecule has 0 aliphatic carbocycles. The van der Waals surface area contributed by atoms with Crippen molar-refractivity contribution in [3.8, 4) is 11.3 Å². The number of ether oxygens (including phenoxy) is 1. The Balaban J connectivity index is 2.25. The van der Waals surface area contributed by atoms with Gasteiger partial charge in [-0.25, -0.2) is 4.39 Å². The number of hydrogen-bond donors (Lipinski definition) is 5. The van der Waals surface area contributed by atoms with E-state index >= 15 is 0 Å². The highest BCUT2D eigenvalue weighted by molar-refractivity contribution is 6.30. The third-order valence-corrected chi connectivity index (χ3v) is 4.24. The molecule has 0 bridgehead atoms. The molecule has 0 amide bonds. The van der Waals surface area contributed by atoms with E-state index in [1.165, 1.54) is 6.92 Å². The maximum Gasteiger partial charge on any atom is 0.264 e. The second kappa shape index (κ2) is 5.98. The van der Waals surface area contributed by atoms with Gasteiger partial charge in [0.05, 0.1) is 6.10 Å². The van der Waals surface area contributed by atoms with Gasteiger partial charge in [-0.15, -0.1) is 0 Å². The number of nitrogens with two attached hydrogens (primary N) is 2. The fourth-order valence-electron chi connectivity index (χ4n) is 2.95. The van der Waals surface area contributed by atoms with Gasteiger partial charge in [-0.2, -0.15) is 4.98 Å². The lowest BCUT2D eigenvalue weighted by Gasteiger charge is -2.27. The van der Waals surface area contributed by atoms with Gasteiger partial charge in [-0.05, 0) is 18.5 Å². The lowest BCUT2D eigenvalue weighted by molar-refractivity contribution is -0.0756. The topological polar surface area (TPSA) is 152 Å². The summed E-state index contributed by atoms with van der Waals surface area (Å²) in [6.07, 6.45) is -4.01. The first-order chi connectivity index (χ1) is 11.7. The molecule has 0 saturated carbocycles. The summed E-state index contributed by atoms with van der Waals surface area (Å²) in [6.45, 7) is 1.39. The molecule has 1 fully saturated rings. The first kappa shape index (κ1) is 17.7. The predicted octanol–water partition coefficient (Wildman–Crippen LogP) is -1.02. The van der Waals surface area contributed by atoms with Crippen molar-refractivity contribution >= 4 is 28.6 Å². The van der Waals surface area contributed by atoms with E-state index in [1.54, 1.807) is 0 Å². The van der Waals surface area contributed by atoms with Crippen LogP contribution in [0.3, 0.4) is 0 Å². The summed E-state index contributed by atoms with van der Waals surface area (Å²) < 4.78 is 21.0. The maximum absolute atomic E-state index is 14.3. The molecule has 1 aliphatic heterocycles. The number of halogens is 2. The zero-order valence-electron chi connectivity index (χ0n) is 12.9. The van der Waals surface area contributed by atoms with E-state index in [9.17, 15) is 19.4 Å². The van der Waals surface area contributed by atoms with Crippen LogP contribution in [-0.4, -0.2) is 48.6 Å².